The molecule has 2 aromatic carbocycles. The zero-order chi connectivity index (χ0) is 23.3. The number of hydrogen-bond acceptors (Lipinski definition) is 5. The van der Waals surface area contributed by atoms with Gasteiger partial charge in [0.1, 0.15) is 5.75 Å². The second kappa shape index (κ2) is 10.1. The van der Waals surface area contributed by atoms with Crippen molar-refractivity contribution in [1.29, 1.82) is 0 Å². The van der Waals surface area contributed by atoms with E-state index in [0.717, 1.165) is 11.1 Å². The summed E-state index contributed by atoms with van der Waals surface area (Å²) < 4.78 is 32.3. The first kappa shape index (κ1) is 23.7. The summed E-state index contributed by atoms with van der Waals surface area (Å²) in [5, 5.41) is 5.40. The van der Waals surface area contributed by atoms with E-state index in [1.54, 1.807) is 36.4 Å². The summed E-state index contributed by atoms with van der Waals surface area (Å²) in [7, 11) is -2.05. The van der Waals surface area contributed by atoms with Gasteiger partial charge in [0.05, 0.1) is 24.2 Å². The lowest BCUT2D eigenvalue weighted by molar-refractivity contribution is -0.128. The lowest BCUT2D eigenvalue weighted by atomic mass is 9.97. The van der Waals surface area contributed by atoms with Gasteiger partial charge in [0, 0.05) is 19.0 Å². The molecule has 0 aliphatic carbocycles. The van der Waals surface area contributed by atoms with Crippen molar-refractivity contribution in [2.24, 2.45) is 5.92 Å². The molecule has 1 fully saturated rings. The van der Waals surface area contributed by atoms with Crippen molar-refractivity contribution in [2.75, 3.05) is 32.1 Å². The number of piperidine rings is 1. The van der Waals surface area contributed by atoms with E-state index in [9.17, 15) is 18.0 Å². The van der Waals surface area contributed by atoms with Crippen molar-refractivity contribution in [3.8, 4) is 5.75 Å². The van der Waals surface area contributed by atoms with Gasteiger partial charge < -0.3 is 15.4 Å². The fourth-order valence-electron chi connectivity index (χ4n) is 3.64. The zero-order valence-electron chi connectivity index (χ0n) is 18.6. The van der Waals surface area contributed by atoms with Crippen LogP contribution in [0.15, 0.2) is 47.4 Å². The third-order valence-electron chi connectivity index (χ3n) is 5.54. The van der Waals surface area contributed by atoms with E-state index in [-0.39, 0.29) is 42.3 Å². The normalized spacial score (nSPS) is 15.2. The van der Waals surface area contributed by atoms with E-state index in [0.29, 0.717) is 24.3 Å². The van der Waals surface area contributed by atoms with Crippen LogP contribution >= 0.6 is 0 Å². The van der Waals surface area contributed by atoms with E-state index in [4.69, 9.17) is 4.74 Å². The standard InChI is InChI=1S/C23H29N3O5S/c1-16-4-7-19(8-5-16)32(29,30)26-12-10-18(11-13-26)23(28)24-15-22(27)25-20-14-17(2)6-9-21(20)31-3/h4-9,14,18H,10-13,15H2,1-3H3,(H,24,28)(H,25,27). The summed E-state index contributed by atoms with van der Waals surface area (Å²) in [6.07, 6.45) is 0.814. The number of amides is 2. The Hall–Kier alpha value is -2.91. The Labute approximate surface area is 189 Å². The van der Waals surface area contributed by atoms with Gasteiger partial charge in [0.25, 0.3) is 0 Å². The number of nitrogens with one attached hydrogen (secondary N) is 2. The van der Waals surface area contributed by atoms with Crippen LogP contribution < -0.4 is 15.4 Å². The molecule has 2 aromatic rings. The predicted molar refractivity (Wildman–Crippen MR) is 122 cm³/mol. The molecule has 0 saturated carbocycles. The Balaban J connectivity index is 1.50. The summed E-state index contributed by atoms with van der Waals surface area (Å²) in [6.45, 7) is 4.17. The van der Waals surface area contributed by atoms with Crippen LogP contribution in [0.2, 0.25) is 0 Å². The van der Waals surface area contributed by atoms with Crippen LogP contribution in [-0.4, -0.2) is 51.3 Å². The number of rotatable bonds is 7. The first-order chi connectivity index (χ1) is 15.2. The number of carbonyl (C=O) groups excluding carboxylic acids is 2. The largest absolute Gasteiger partial charge is 0.495 e. The number of ether oxygens (including phenoxy) is 1. The average Bonchev–Trinajstić information content (AvgIpc) is 2.78. The summed E-state index contributed by atoms with van der Waals surface area (Å²) in [5.74, 6) is -0.399. The average molecular weight is 460 g/mol. The number of aryl methyl sites for hydroxylation is 2. The molecule has 0 spiro atoms. The van der Waals surface area contributed by atoms with Gasteiger partial charge in [-0.15, -0.1) is 0 Å². The molecule has 172 valence electrons. The lowest BCUT2D eigenvalue weighted by Gasteiger charge is -2.30. The van der Waals surface area contributed by atoms with Crippen LogP contribution in [0.4, 0.5) is 5.69 Å². The van der Waals surface area contributed by atoms with E-state index in [1.165, 1.54) is 11.4 Å². The molecule has 9 heteroatoms. The molecule has 3 rings (SSSR count). The van der Waals surface area contributed by atoms with Crippen LogP contribution in [0.1, 0.15) is 24.0 Å². The molecule has 0 aromatic heterocycles. The molecule has 0 bridgehead atoms. The van der Waals surface area contributed by atoms with Crippen molar-refractivity contribution >= 4 is 27.5 Å². The molecule has 32 heavy (non-hydrogen) atoms. The smallest absolute Gasteiger partial charge is 0.243 e. The zero-order valence-corrected chi connectivity index (χ0v) is 19.4. The Kier molecular flexibility index (Phi) is 7.52. The Morgan fingerprint density at radius 1 is 1.03 bits per heavy atom. The van der Waals surface area contributed by atoms with E-state index < -0.39 is 10.0 Å². The third kappa shape index (κ3) is 5.66. The molecule has 1 aliphatic heterocycles. The fraction of sp³-hybridized carbons (Fsp3) is 0.391. The maximum Gasteiger partial charge on any atom is 0.243 e. The molecule has 2 amide bonds. The molecule has 1 aliphatic rings. The molecular weight excluding hydrogens is 430 g/mol. The van der Waals surface area contributed by atoms with Crippen molar-refractivity contribution in [3.63, 3.8) is 0 Å². The minimum atomic E-state index is -3.57. The maximum atomic E-state index is 12.8. The van der Waals surface area contributed by atoms with E-state index in [2.05, 4.69) is 10.6 Å². The van der Waals surface area contributed by atoms with E-state index >= 15 is 0 Å². The van der Waals surface area contributed by atoms with Gasteiger partial charge in [0.2, 0.25) is 21.8 Å². The van der Waals surface area contributed by atoms with Gasteiger partial charge in [-0.3, -0.25) is 9.59 Å². The second-order valence-corrected chi connectivity index (χ2v) is 9.90. The predicted octanol–water partition coefficient (Wildman–Crippen LogP) is 2.47. The summed E-state index contributed by atoms with van der Waals surface area (Å²) in [6, 6.07) is 12.2. The van der Waals surface area contributed by atoms with Crippen molar-refractivity contribution in [3.05, 3.63) is 53.6 Å². The molecule has 2 N–H and O–H groups in total. The first-order valence-electron chi connectivity index (χ1n) is 10.5. The lowest BCUT2D eigenvalue weighted by Crippen LogP contribution is -2.44. The second-order valence-electron chi connectivity index (χ2n) is 7.96. The highest BCUT2D eigenvalue weighted by atomic mass is 32.2. The van der Waals surface area contributed by atoms with Gasteiger partial charge in [-0.2, -0.15) is 4.31 Å². The highest BCUT2D eigenvalue weighted by molar-refractivity contribution is 7.89. The third-order valence-corrected chi connectivity index (χ3v) is 7.45. The topological polar surface area (TPSA) is 105 Å². The Bertz CT molecular complexity index is 1080. The maximum absolute atomic E-state index is 12.8. The fourth-order valence-corrected chi connectivity index (χ4v) is 5.11. The highest BCUT2D eigenvalue weighted by Crippen LogP contribution is 2.26. The SMILES string of the molecule is COc1ccc(C)cc1NC(=O)CNC(=O)C1CCN(S(=O)(=O)c2ccc(C)cc2)CC1. The number of anilines is 1. The van der Waals surface area contributed by atoms with Gasteiger partial charge in [-0.05, 0) is 56.5 Å². The number of benzene rings is 2. The molecule has 8 nitrogen and oxygen atoms in total. The van der Waals surface area contributed by atoms with Crippen molar-refractivity contribution < 1.29 is 22.7 Å². The highest BCUT2D eigenvalue weighted by Gasteiger charge is 2.32. The minimum absolute atomic E-state index is 0.169. The summed E-state index contributed by atoms with van der Waals surface area (Å²) >= 11 is 0. The number of methoxy groups -OCH3 is 1. The van der Waals surface area contributed by atoms with Crippen molar-refractivity contribution in [1.82, 2.24) is 9.62 Å². The van der Waals surface area contributed by atoms with Crippen LogP contribution in [0, 0.1) is 19.8 Å². The molecule has 0 radical (unpaired) electrons. The first-order valence-corrected chi connectivity index (χ1v) is 11.9. The molecular formula is C23H29N3O5S. The van der Waals surface area contributed by atoms with Crippen LogP contribution in [0.25, 0.3) is 0 Å². The van der Waals surface area contributed by atoms with Crippen LogP contribution in [0.5, 0.6) is 5.75 Å². The summed E-state index contributed by atoms with van der Waals surface area (Å²) in [4.78, 5) is 25.0. The van der Waals surface area contributed by atoms with Crippen LogP contribution in [0.3, 0.4) is 0 Å². The van der Waals surface area contributed by atoms with Gasteiger partial charge >= 0.3 is 0 Å². The number of hydrogen-bond donors (Lipinski definition) is 2. The summed E-state index contributed by atoms with van der Waals surface area (Å²) in [5.41, 5.74) is 2.50. The Morgan fingerprint density at radius 3 is 2.28 bits per heavy atom. The Morgan fingerprint density at radius 2 is 1.66 bits per heavy atom. The molecule has 0 unspecified atom stereocenters. The van der Waals surface area contributed by atoms with Crippen LogP contribution in [-0.2, 0) is 19.6 Å². The molecule has 0 atom stereocenters. The number of sulfonamides is 1. The molecule has 1 saturated heterocycles. The van der Waals surface area contributed by atoms with Gasteiger partial charge in [-0.25, -0.2) is 8.42 Å². The monoisotopic (exact) mass is 459 g/mol. The number of nitrogens with zero attached hydrogens (tertiary/aromatic N) is 1. The van der Waals surface area contributed by atoms with Gasteiger partial charge in [0.15, 0.2) is 0 Å². The van der Waals surface area contributed by atoms with Crippen molar-refractivity contribution in [2.45, 2.75) is 31.6 Å². The number of carbonyl (C=O) groups is 2. The molecule has 1 heterocycles. The van der Waals surface area contributed by atoms with Gasteiger partial charge in [-0.1, -0.05) is 23.8 Å². The minimum Gasteiger partial charge on any atom is -0.495 e. The van der Waals surface area contributed by atoms with E-state index in [1.807, 2.05) is 19.9 Å². The quantitative estimate of drug-likeness (QED) is 0.662.